The van der Waals surface area contributed by atoms with Crippen molar-refractivity contribution in [2.75, 3.05) is 19.6 Å². The summed E-state index contributed by atoms with van der Waals surface area (Å²) in [5, 5.41) is 7.19. The predicted molar refractivity (Wildman–Crippen MR) is 131 cm³/mol. The smallest absolute Gasteiger partial charge is 0.241 e. The van der Waals surface area contributed by atoms with E-state index in [0.717, 1.165) is 49.0 Å². The molecule has 2 aliphatic rings. The van der Waals surface area contributed by atoms with Crippen LogP contribution in [0.15, 0.2) is 59.1 Å². The van der Waals surface area contributed by atoms with Crippen molar-refractivity contribution in [1.82, 2.24) is 25.3 Å². The van der Waals surface area contributed by atoms with Crippen molar-refractivity contribution in [3.63, 3.8) is 0 Å². The van der Waals surface area contributed by atoms with Crippen LogP contribution in [0.5, 0.6) is 0 Å². The maximum absolute atomic E-state index is 12.9. The van der Waals surface area contributed by atoms with Crippen LogP contribution in [0, 0.1) is 5.92 Å². The number of rotatable bonds is 8. The molecule has 0 bridgehead atoms. The van der Waals surface area contributed by atoms with Gasteiger partial charge >= 0.3 is 0 Å². The van der Waals surface area contributed by atoms with Gasteiger partial charge in [0.15, 0.2) is 0 Å². The summed E-state index contributed by atoms with van der Waals surface area (Å²) < 4.78 is 5.46. The molecule has 2 aromatic carbocycles. The van der Waals surface area contributed by atoms with Crippen molar-refractivity contribution in [2.45, 2.75) is 45.3 Å². The Morgan fingerprint density at radius 1 is 1.00 bits per heavy atom. The third-order valence-corrected chi connectivity index (χ3v) is 6.77. The number of hydrogen-bond acceptors (Lipinski definition) is 6. The lowest BCUT2D eigenvalue weighted by Crippen LogP contribution is -2.42. The zero-order valence-corrected chi connectivity index (χ0v) is 19.9. The van der Waals surface area contributed by atoms with Crippen molar-refractivity contribution >= 4 is 11.8 Å². The minimum atomic E-state index is -0.0549. The molecule has 3 heterocycles. The fourth-order valence-corrected chi connectivity index (χ4v) is 4.82. The molecule has 3 aromatic rings. The Hall–Kier alpha value is -3.52. The number of nitrogens with zero attached hydrogens (tertiary/aromatic N) is 4. The SMILES string of the molecule is O=C(NCc1ccc(CN2CCCC2=O)cc1)C1CCCN(Cc2nc(-c3ccccc3)no2)C1. The molecule has 8 heteroatoms. The monoisotopic (exact) mass is 473 g/mol. The minimum Gasteiger partial charge on any atom is -0.352 e. The zero-order chi connectivity index (χ0) is 24.0. The van der Waals surface area contributed by atoms with Gasteiger partial charge in [-0.2, -0.15) is 4.98 Å². The number of likely N-dealkylation sites (tertiary alicyclic amines) is 2. The molecule has 1 unspecified atom stereocenters. The average molecular weight is 474 g/mol. The lowest BCUT2D eigenvalue weighted by molar-refractivity contribution is -0.128. The van der Waals surface area contributed by atoms with E-state index in [0.29, 0.717) is 44.3 Å². The second-order valence-electron chi connectivity index (χ2n) is 9.41. The standard InChI is InChI=1S/C27H31N5O3/c33-25-9-5-15-32(25)17-21-12-10-20(11-13-21)16-28-27(34)23-8-4-14-31(18-23)19-24-29-26(30-35-24)22-6-2-1-3-7-22/h1-3,6-7,10-13,23H,4-5,8-9,14-19H2,(H,28,34). The Labute approximate surface area is 205 Å². The van der Waals surface area contributed by atoms with E-state index < -0.39 is 0 Å². The van der Waals surface area contributed by atoms with Crippen LogP contribution in [0.2, 0.25) is 0 Å². The summed E-state index contributed by atoms with van der Waals surface area (Å²) in [6.45, 7) is 4.14. The van der Waals surface area contributed by atoms with Crippen molar-refractivity contribution in [2.24, 2.45) is 5.92 Å². The van der Waals surface area contributed by atoms with Crippen molar-refractivity contribution < 1.29 is 14.1 Å². The van der Waals surface area contributed by atoms with Gasteiger partial charge < -0.3 is 14.7 Å². The highest BCUT2D eigenvalue weighted by Crippen LogP contribution is 2.21. The third kappa shape index (κ3) is 5.95. The van der Waals surface area contributed by atoms with Gasteiger partial charge in [-0.3, -0.25) is 14.5 Å². The molecule has 0 saturated carbocycles. The Morgan fingerprint density at radius 2 is 1.80 bits per heavy atom. The number of hydrogen-bond donors (Lipinski definition) is 1. The summed E-state index contributed by atoms with van der Waals surface area (Å²) in [4.78, 5) is 33.3. The van der Waals surface area contributed by atoms with E-state index in [9.17, 15) is 9.59 Å². The van der Waals surface area contributed by atoms with Crippen LogP contribution in [0.1, 0.15) is 42.7 Å². The van der Waals surface area contributed by atoms with Gasteiger partial charge in [0.05, 0.1) is 12.5 Å². The van der Waals surface area contributed by atoms with E-state index in [1.165, 1.54) is 0 Å². The van der Waals surface area contributed by atoms with Gasteiger partial charge in [-0.05, 0) is 36.9 Å². The fraction of sp³-hybridized carbons (Fsp3) is 0.407. The van der Waals surface area contributed by atoms with E-state index in [4.69, 9.17) is 4.52 Å². The van der Waals surface area contributed by atoms with E-state index in [1.54, 1.807) is 0 Å². The largest absolute Gasteiger partial charge is 0.352 e. The van der Waals surface area contributed by atoms with Gasteiger partial charge in [0, 0.05) is 38.2 Å². The van der Waals surface area contributed by atoms with Crippen molar-refractivity contribution in [1.29, 1.82) is 0 Å². The van der Waals surface area contributed by atoms with Gasteiger partial charge in [0.2, 0.25) is 23.5 Å². The average Bonchev–Trinajstić information content (AvgIpc) is 3.53. The molecule has 2 saturated heterocycles. The summed E-state index contributed by atoms with van der Waals surface area (Å²) in [5.74, 6) is 1.42. The van der Waals surface area contributed by atoms with Crippen LogP contribution in [0.25, 0.3) is 11.4 Å². The molecular weight excluding hydrogens is 442 g/mol. The molecule has 0 aliphatic carbocycles. The molecular formula is C27H31N5O3. The molecule has 35 heavy (non-hydrogen) atoms. The molecule has 5 rings (SSSR count). The molecule has 182 valence electrons. The summed E-state index contributed by atoms with van der Waals surface area (Å²) in [6.07, 6.45) is 3.45. The second-order valence-corrected chi connectivity index (χ2v) is 9.41. The van der Waals surface area contributed by atoms with Crippen LogP contribution in [0.4, 0.5) is 0 Å². The second kappa shape index (κ2) is 10.8. The summed E-state index contributed by atoms with van der Waals surface area (Å²) >= 11 is 0. The summed E-state index contributed by atoms with van der Waals surface area (Å²) in [7, 11) is 0. The van der Waals surface area contributed by atoms with E-state index >= 15 is 0 Å². The molecule has 0 spiro atoms. The van der Waals surface area contributed by atoms with Crippen LogP contribution in [0.3, 0.4) is 0 Å². The molecule has 0 radical (unpaired) electrons. The first kappa shape index (κ1) is 23.2. The molecule has 1 atom stereocenters. The molecule has 1 aromatic heterocycles. The van der Waals surface area contributed by atoms with E-state index in [1.807, 2.05) is 59.5 Å². The Morgan fingerprint density at radius 3 is 2.57 bits per heavy atom. The van der Waals surface area contributed by atoms with Gasteiger partial charge in [-0.1, -0.05) is 59.8 Å². The van der Waals surface area contributed by atoms with Gasteiger partial charge in [0.25, 0.3) is 0 Å². The molecule has 2 amide bonds. The van der Waals surface area contributed by atoms with Crippen LogP contribution in [-0.2, 0) is 29.2 Å². The third-order valence-electron chi connectivity index (χ3n) is 6.77. The van der Waals surface area contributed by atoms with Crippen LogP contribution in [-0.4, -0.2) is 51.4 Å². The van der Waals surface area contributed by atoms with Crippen LogP contribution >= 0.6 is 0 Å². The lowest BCUT2D eigenvalue weighted by atomic mass is 9.97. The number of carbonyl (C=O) groups is 2. The number of benzene rings is 2. The molecule has 1 N–H and O–H groups in total. The topological polar surface area (TPSA) is 91.6 Å². The summed E-state index contributed by atoms with van der Waals surface area (Å²) in [5.41, 5.74) is 3.10. The lowest BCUT2D eigenvalue weighted by Gasteiger charge is -2.30. The van der Waals surface area contributed by atoms with Crippen molar-refractivity contribution in [3.8, 4) is 11.4 Å². The van der Waals surface area contributed by atoms with Gasteiger partial charge in [-0.25, -0.2) is 0 Å². The van der Waals surface area contributed by atoms with Gasteiger partial charge in [0.1, 0.15) is 0 Å². The highest BCUT2D eigenvalue weighted by atomic mass is 16.5. The number of aromatic nitrogens is 2. The highest BCUT2D eigenvalue weighted by Gasteiger charge is 2.27. The van der Waals surface area contributed by atoms with Gasteiger partial charge in [-0.15, -0.1) is 0 Å². The normalized spacial score (nSPS) is 18.7. The molecule has 2 aliphatic heterocycles. The Bertz CT molecular complexity index is 1150. The van der Waals surface area contributed by atoms with Crippen molar-refractivity contribution in [3.05, 3.63) is 71.6 Å². The van der Waals surface area contributed by atoms with E-state index in [2.05, 4.69) is 20.4 Å². The molecule has 8 nitrogen and oxygen atoms in total. The summed E-state index contributed by atoms with van der Waals surface area (Å²) in [6, 6.07) is 17.9. The predicted octanol–water partition coefficient (Wildman–Crippen LogP) is 3.39. The number of nitrogens with one attached hydrogen (secondary N) is 1. The molecule has 2 fully saturated rings. The number of carbonyl (C=O) groups excluding carboxylic acids is 2. The number of piperidine rings is 1. The Kier molecular flexibility index (Phi) is 7.18. The Balaban J connectivity index is 1.09. The fourth-order valence-electron chi connectivity index (χ4n) is 4.82. The van der Waals surface area contributed by atoms with E-state index in [-0.39, 0.29) is 17.7 Å². The van der Waals surface area contributed by atoms with Crippen LogP contribution < -0.4 is 5.32 Å². The number of amides is 2. The first-order chi connectivity index (χ1) is 17.1. The highest BCUT2D eigenvalue weighted by molar-refractivity contribution is 5.79. The first-order valence-corrected chi connectivity index (χ1v) is 12.4. The zero-order valence-electron chi connectivity index (χ0n) is 19.9. The maximum Gasteiger partial charge on any atom is 0.241 e. The maximum atomic E-state index is 12.9. The minimum absolute atomic E-state index is 0.0549. The quantitative estimate of drug-likeness (QED) is 0.539. The first-order valence-electron chi connectivity index (χ1n) is 12.4.